The first-order valence-corrected chi connectivity index (χ1v) is 13.8. The summed E-state index contributed by atoms with van der Waals surface area (Å²) < 4.78 is 23.6. The van der Waals surface area contributed by atoms with Crippen molar-refractivity contribution in [2.75, 3.05) is 18.4 Å². The summed E-state index contributed by atoms with van der Waals surface area (Å²) in [5, 5.41) is 24.0. The molecule has 0 aromatic heterocycles. The molecule has 0 amide bonds. The molecule has 1 atom stereocenters. The number of benzene rings is 3. The van der Waals surface area contributed by atoms with Crippen LogP contribution >= 0.6 is 0 Å². The molecule has 188 valence electrons. The van der Waals surface area contributed by atoms with Crippen molar-refractivity contribution in [1.82, 2.24) is 5.32 Å². The number of nitrogens with two attached hydrogens (primary N) is 1. The van der Waals surface area contributed by atoms with Gasteiger partial charge in [-0.15, -0.1) is 0 Å². The molecule has 1 aliphatic carbocycles. The molecular formula is C27H30N4O4S. The summed E-state index contributed by atoms with van der Waals surface area (Å²) in [5.74, 6) is 0.260. The van der Waals surface area contributed by atoms with Crippen molar-refractivity contribution in [3.63, 3.8) is 0 Å². The average Bonchev–Trinajstić information content (AvgIpc) is 3.25. The van der Waals surface area contributed by atoms with E-state index in [0.29, 0.717) is 5.69 Å². The van der Waals surface area contributed by atoms with E-state index in [1.807, 2.05) is 0 Å². The monoisotopic (exact) mass is 506 g/mol. The van der Waals surface area contributed by atoms with Crippen molar-refractivity contribution in [3.8, 4) is 11.1 Å². The lowest BCUT2D eigenvalue weighted by Crippen LogP contribution is -2.34. The number of rotatable bonds is 7. The fourth-order valence-corrected chi connectivity index (χ4v) is 6.29. The van der Waals surface area contributed by atoms with E-state index in [-0.39, 0.29) is 22.5 Å². The van der Waals surface area contributed by atoms with Crippen LogP contribution in [0.3, 0.4) is 0 Å². The molecule has 3 aromatic rings. The second-order valence-corrected chi connectivity index (χ2v) is 11.1. The zero-order chi connectivity index (χ0) is 25.4. The molecule has 36 heavy (non-hydrogen) atoms. The Morgan fingerprint density at radius 2 is 1.86 bits per heavy atom. The summed E-state index contributed by atoms with van der Waals surface area (Å²) in [6, 6.07) is 16.5. The second-order valence-electron chi connectivity index (χ2n) is 9.54. The van der Waals surface area contributed by atoms with E-state index in [1.54, 1.807) is 0 Å². The van der Waals surface area contributed by atoms with E-state index in [0.717, 1.165) is 50.4 Å². The number of piperidine rings is 1. The molecule has 4 N–H and O–H groups in total. The maximum absolute atomic E-state index is 11.9. The van der Waals surface area contributed by atoms with E-state index >= 15 is 0 Å². The Balaban J connectivity index is 1.61. The predicted molar refractivity (Wildman–Crippen MR) is 140 cm³/mol. The van der Waals surface area contributed by atoms with Crippen molar-refractivity contribution >= 4 is 21.4 Å². The van der Waals surface area contributed by atoms with Crippen LogP contribution in [0, 0.1) is 16.0 Å². The Hall–Kier alpha value is -3.27. The topological polar surface area (TPSA) is 127 Å². The van der Waals surface area contributed by atoms with Crippen molar-refractivity contribution in [2.45, 2.75) is 43.5 Å². The van der Waals surface area contributed by atoms with Crippen LogP contribution in [0.4, 0.5) is 11.4 Å². The molecule has 1 fully saturated rings. The molecule has 1 heterocycles. The quantitative estimate of drug-likeness (QED) is 0.250. The maximum atomic E-state index is 11.9. The highest BCUT2D eigenvalue weighted by Crippen LogP contribution is 2.44. The number of fused-ring (bicyclic) bond motifs is 3. The van der Waals surface area contributed by atoms with Crippen molar-refractivity contribution in [3.05, 3.63) is 87.0 Å². The first-order valence-electron chi connectivity index (χ1n) is 12.3. The van der Waals surface area contributed by atoms with E-state index in [4.69, 9.17) is 5.14 Å². The summed E-state index contributed by atoms with van der Waals surface area (Å²) in [5.41, 5.74) is 7.61. The fraction of sp³-hybridized carbons (Fsp3) is 0.333. The smallest absolute Gasteiger partial charge is 0.293 e. The van der Waals surface area contributed by atoms with Gasteiger partial charge in [-0.25, -0.2) is 13.6 Å². The van der Waals surface area contributed by atoms with Gasteiger partial charge in [-0.05, 0) is 90.2 Å². The molecular weight excluding hydrogens is 476 g/mol. The Labute approximate surface area is 211 Å². The number of primary sulfonamides is 1. The lowest BCUT2D eigenvalue weighted by molar-refractivity contribution is -0.384. The number of nitro benzene ring substituents is 1. The number of hydrogen-bond donors (Lipinski definition) is 3. The van der Waals surface area contributed by atoms with Crippen LogP contribution in [-0.2, 0) is 22.9 Å². The van der Waals surface area contributed by atoms with Gasteiger partial charge in [0, 0.05) is 6.07 Å². The van der Waals surface area contributed by atoms with Crippen molar-refractivity contribution in [1.29, 1.82) is 0 Å². The highest BCUT2D eigenvalue weighted by Gasteiger charge is 2.31. The summed E-state index contributed by atoms with van der Waals surface area (Å²) in [6.07, 6.45) is 3.59. The normalized spacial score (nSPS) is 16.3. The first kappa shape index (κ1) is 24.4. The Bertz CT molecular complexity index is 1430. The molecule has 5 rings (SSSR count). The highest BCUT2D eigenvalue weighted by atomic mass is 32.2. The molecule has 1 saturated heterocycles. The number of anilines is 1. The molecule has 0 bridgehead atoms. The van der Waals surface area contributed by atoms with Gasteiger partial charge >= 0.3 is 0 Å². The Morgan fingerprint density at radius 3 is 2.56 bits per heavy atom. The predicted octanol–water partition coefficient (Wildman–Crippen LogP) is 4.53. The van der Waals surface area contributed by atoms with Crippen LogP contribution in [-0.4, -0.2) is 26.4 Å². The van der Waals surface area contributed by atoms with Crippen LogP contribution in [0.1, 0.15) is 48.1 Å². The lowest BCUT2D eigenvalue weighted by atomic mass is 9.81. The van der Waals surface area contributed by atoms with Gasteiger partial charge in [0.2, 0.25) is 10.0 Å². The van der Waals surface area contributed by atoms with Gasteiger partial charge in [-0.3, -0.25) is 10.1 Å². The number of nitrogens with one attached hydrogen (secondary N) is 2. The molecule has 2 aliphatic rings. The van der Waals surface area contributed by atoms with Gasteiger partial charge in [-0.2, -0.15) is 0 Å². The van der Waals surface area contributed by atoms with Crippen molar-refractivity contribution in [2.24, 2.45) is 11.1 Å². The van der Waals surface area contributed by atoms with E-state index in [9.17, 15) is 18.5 Å². The highest BCUT2D eigenvalue weighted by molar-refractivity contribution is 7.89. The Kier molecular flexibility index (Phi) is 6.55. The Morgan fingerprint density at radius 1 is 1.11 bits per heavy atom. The third-order valence-electron chi connectivity index (χ3n) is 7.49. The third kappa shape index (κ3) is 4.50. The molecule has 0 radical (unpaired) electrons. The molecule has 9 heteroatoms. The summed E-state index contributed by atoms with van der Waals surface area (Å²) >= 11 is 0. The van der Waals surface area contributed by atoms with Crippen LogP contribution in [0.2, 0.25) is 0 Å². The minimum Gasteiger partial charge on any atom is -0.372 e. The van der Waals surface area contributed by atoms with Crippen LogP contribution in [0.5, 0.6) is 0 Å². The zero-order valence-electron chi connectivity index (χ0n) is 20.2. The summed E-state index contributed by atoms with van der Waals surface area (Å²) in [4.78, 5) is 11.1. The van der Waals surface area contributed by atoms with Gasteiger partial charge in [0.25, 0.3) is 5.69 Å². The lowest BCUT2D eigenvalue weighted by Gasteiger charge is -2.34. The van der Waals surface area contributed by atoms with Gasteiger partial charge in [0.05, 0.1) is 15.9 Å². The molecule has 0 spiro atoms. The largest absolute Gasteiger partial charge is 0.372 e. The van der Waals surface area contributed by atoms with Gasteiger partial charge < -0.3 is 10.6 Å². The van der Waals surface area contributed by atoms with E-state index < -0.39 is 14.9 Å². The SMILES string of the molecule is CCc1c(C(Nc2ccc(S(N)(=O)=O)cc2[N+](=O)[O-])C2CCNCC2)ccc2c1Cc1ccccc1-2. The average molecular weight is 507 g/mol. The van der Waals surface area contributed by atoms with Crippen LogP contribution < -0.4 is 15.8 Å². The maximum Gasteiger partial charge on any atom is 0.293 e. The number of sulfonamides is 1. The van der Waals surface area contributed by atoms with E-state index in [1.165, 1.54) is 39.9 Å². The molecule has 3 aromatic carbocycles. The minimum atomic E-state index is -4.06. The molecule has 1 aliphatic heterocycles. The standard InChI is InChI=1S/C27H30N4O4S/c1-2-20-23(9-8-22-21-6-4-3-5-18(21)15-24(20)22)27(17-11-13-29-14-12-17)30-25-10-7-19(36(28,34)35)16-26(25)31(32)33/h3-10,16-17,27,29-30H,2,11-15H2,1H3,(H2,28,34,35). The van der Waals surface area contributed by atoms with Gasteiger partial charge in [0.1, 0.15) is 5.69 Å². The summed E-state index contributed by atoms with van der Waals surface area (Å²) in [6.45, 7) is 3.92. The van der Waals surface area contributed by atoms with Crippen LogP contribution in [0.15, 0.2) is 59.5 Å². The molecule has 0 saturated carbocycles. The van der Waals surface area contributed by atoms with Crippen molar-refractivity contribution < 1.29 is 13.3 Å². The van der Waals surface area contributed by atoms with E-state index in [2.05, 4.69) is 54.0 Å². The second kappa shape index (κ2) is 9.65. The number of nitro groups is 1. The summed E-state index contributed by atoms with van der Waals surface area (Å²) in [7, 11) is -4.06. The minimum absolute atomic E-state index is 0.157. The number of hydrogen-bond acceptors (Lipinski definition) is 6. The van der Waals surface area contributed by atoms with Gasteiger partial charge in [-0.1, -0.05) is 43.3 Å². The first-order chi connectivity index (χ1) is 17.3. The zero-order valence-corrected chi connectivity index (χ0v) is 21.0. The third-order valence-corrected chi connectivity index (χ3v) is 8.40. The van der Waals surface area contributed by atoms with Crippen LogP contribution in [0.25, 0.3) is 11.1 Å². The molecule has 1 unspecified atom stereocenters. The fourth-order valence-electron chi connectivity index (χ4n) is 5.76. The number of nitrogens with zero attached hydrogens (tertiary/aromatic N) is 1. The van der Waals surface area contributed by atoms with Gasteiger partial charge in [0.15, 0.2) is 0 Å². The molecule has 8 nitrogen and oxygen atoms in total.